The Morgan fingerprint density at radius 2 is 1.58 bits per heavy atom. The average molecular weight is 323 g/mol. The van der Waals surface area contributed by atoms with E-state index in [4.69, 9.17) is 0 Å². The quantitative estimate of drug-likeness (QED) is 0.887. The molecule has 3 rings (SSSR count). The molecule has 0 bridgehead atoms. The second-order valence-corrected chi connectivity index (χ2v) is 5.86. The van der Waals surface area contributed by atoms with Crippen LogP contribution in [-0.2, 0) is 4.79 Å². The molecule has 0 aromatic heterocycles. The van der Waals surface area contributed by atoms with Gasteiger partial charge in [0.25, 0.3) is 0 Å². The molecule has 2 aromatic rings. The van der Waals surface area contributed by atoms with Crippen LogP contribution in [0.1, 0.15) is 24.1 Å². The first-order valence-electron chi connectivity index (χ1n) is 8.12. The van der Waals surface area contributed by atoms with Gasteiger partial charge in [-0.15, -0.1) is 0 Å². The summed E-state index contributed by atoms with van der Waals surface area (Å²) in [5, 5.41) is 6.04. The van der Waals surface area contributed by atoms with Crippen LogP contribution in [0.5, 0.6) is 0 Å². The fourth-order valence-electron chi connectivity index (χ4n) is 2.91. The maximum Gasteiger partial charge on any atom is 0.324 e. The number of hydrogen-bond acceptors (Lipinski definition) is 3. The summed E-state index contributed by atoms with van der Waals surface area (Å²) in [5.74, 6) is -0.207. The molecule has 0 saturated carbocycles. The van der Waals surface area contributed by atoms with Gasteiger partial charge in [0.05, 0.1) is 12.1 Å². The second kappa shape index (κ2) is 7.27. The van der Waals surface area contributed by atoms with Gasteiger partial charge in [0, 0.05) is 13.1 Å². The van der Waals surface area contributed by atoms with Gasteiger partial charge in [-0.2, -0.15) is 0 Å². The molecule has 1 saturated heterocycles. The summed E-state index contributed by atoms with van der Waals surface area (Å²) in [6.45, 7) is 2.73. The minimum Gasteiger partial charge on any atom is -0.336 e. The molecule has 0 spiro atoms. The standard InChI is InChI=1S/C19H21N3O2/c1-14(18(23)22-13-12-20-19(22)24)21-17(15-8-4-2-5-9-15)16-10-6-3-7-11-16/h2-11,14,17,21H,12-13H2,1H3,(H,20,24)/t14-/m0/s1. The van der Waals surface area contributed by atoms with E-state index in [9.17, 15) is 9.59 Å². The smallest absolute Gasteiger partial charge is 0.324 e. The first kappa shape index (κ1) is 16.2. The summed E-state index contributed by atoms with van der Waals surface area (Å²) in [4.78, 5) is 25.5. The third-order valence-electron chi connectivity index (χ3n) is 4.18. The van der Waals surface area contributed by atoms with Gasteiger partial charge < -0.3 is 5.32 Å². The Hall–Kier alpha value is -2.66. The van der Waals surface area contributed by atoms with Gasteiger partial charge in [0.2, 0.25) is 5.91 Å². The van der Waals surface area contributed by atoms with Gasteiger partial charge in [-0.1, -0.05) is 60.7 Å². The molecule has 5 nitrogen and oxygen atoms in total. The molecule has 1 aliphatic heterocycles. The third kappa shape index (κ3) is 3.46. The van der Waals surface area contributed by atoms with Crippen molar-refractivity contribution in [1.82, 2.24) is 15.5 Å². The van der Waals surface area contributed by atoms with Gasteiger partial charge in [0.15, 0.2) is 0 Å². The number of carbonyl (C=O) groups excluding carboxylic acids is 2. The largest absolute Gasteiger partial charge is 0.336 e. The Morgan fingerprint density at radius 1 is 1.04 bits per heavy atom. The Labute approximate surface area is 141 Å². The number of nitrogens with one attached hydrogen (secondary N) is 2. The van der Waals surface area contributed by atoms with Crippen LogP contribution < -0.4 is 10.6 Å². The van der Waals surface area contributed by atoms with E-state index in [-0.39, 0.29) is 18.0 Å². The van der Waals surface area contributed by atoms with E-state index in [1.807, 2.05) is 60.7 Å². The highest BCUT2D eigenvalue weighted by Gasteiger charge is 2.31. The number of benzene rings is 2. The Kier molecular flexibility index (Phi) is 4.91. The summed E-state index contributed by atoms with van der Waals surface area (Å²) in [5.41, 5.74) is 2.16. The van der Waals surface area contributed by atoms with Crippen molar-refractivity contribution in [2.75, 3.05) is 13.1 Å². The minimum atomic E-state index is -0.473. The Morgan fingerprint density at radius 3 is 2.04 bits per heavy atom. The zero-order chi connectivity index (χ0) is 16.9. The van der Waals surface area contributed by atoms with Crippen LogP contribution in [0.25, 0.3) is 0 Å². The number of hydrogen-bond donors (Lipinski definition) is 2. The van der Waals surface area contributed by atoms with E-state index in [2.05, 4.69) is 10.6 Å². The molecule has 3 amide bonds. The van der Waals surface area contributed by atoms with Crippen LogP contribution in [0.2, 0.25) is 0 Å². The lowest BCUT2D eigenvalue weighted by Gasteiger charge is -2.25. The molecule has 5 heteroatoms. The van der Waals surface area contributed by atoms with Crippen LogP contribution in [0, 0.1) is 0 Å². The van der Waals surface area contributed by atoms with Crippen LogP contribution in [0.4, 0.5) is 4.79 Å². The minimum absolute atomic E-state index is 0.114. The third-order valence-corrected chi connectivity index (χ3v) is 4.18. The van der Waals surface area contributed by atoms with Crippen molar-refractivity contribution >= 4 is 11.9 Å². The number of urea groups is 1. The molecule has 0 radical (unpaired) electrons. The van der Waals surface area contributed by atoms with Crippen molar-refractivity contribution in [1.29, 1.82) is 0 Å². The lowest BCUT2D eigenvalue weighted by Crippen LogP contribution is -2.47. The zero-order valence-electron chi connectivity index (χ0n) is 13.6. The monoisotopic (exact) mass is 323 g/mol. The van der Waals surface area contributed by atoms with Gasteiger partial charge in [-0.05, 0) is 18.1 Å². The Bertz CT molecular complexity index is 664. The normalized spacial score (nSPS) is 15.4. The first-order valence-corrected chi connectivity index (χ1v) is 8.12. The van der Waals surface area contributed by atoms with E-state index < -0.39 is 6.04 Å². The van der Waals surface area contributed by atoms with Crippen LogP contribution >= 0.6 is 0 Å². The summed E-state index contributed by atoms with van der Waals surface area (Å²) >= 11 is 0. The van der Waals surface area contributed by atoms with Crippen molar-refractivity contribution in [2.24, 2.45) is 0 Å². The molecular formula is C19H21N3O2. The topological polar surface area (TPSA) is 61.4 Å². The van der Waals surface area contributed by atoms with Crippen molar-refractivity contribution < 1.29 is 9.59 Å². The molecule has 1 heterocycles. The van der Waals surface area contributed by atoms with Gasteiger partial charge in [-0.3, -0.25) is 15.0 Å². The molecule has 124 valence electrons. The van der Waals surface area contributed by atoms with E-state index in [1.54, 1.807) is 6.92 Å². The van der Waals surface area contributed by atoms with Crippen molar-refractivity contribution in [3.05, 3.63) is 71.8 Å². The highest BCUT2D eigenvalue weighted by molar-refractivity contribution is 5.98. The lowest BCUT2D eigenvalue weighted by atomic mass is 9.98. The Balaban J connectivity index is 1.82. The maximum atomic E-state index is 12.6. The van der Waals surface area contributed by atoms with Crippen molar-refractivity contribution in [2.45, 2.75) is 19.0 Å². The van der Waals surface area contributed by atoms with Gasteiger partial charge in [0.1, 0.15) is 0 Å². The molecular weight excluding hydrogens is 302 g/mol. The molecule has 2 aromatic carbocycles. The SMILES string of the molecule is C[C@H](NC(c1ccccc1)c1ccccc1)C(=O)N1CCNC1=O. The van der Waals surface area contributed by atoms with Crippen molar-refractivity contribution in [3.63, 3.8) is 0 Å². The van der Waals surface area contributed by atoms with E-state index in [0.717, 1.165) is 11.1 Å². The highest BCUT2D eigenvalue weighted by Crippen LogP contribution is 2.22. The maximum absolute atomic E-state index is 12.6. The summed E-state index contributed by atoms with van der Waals surface area (Å²) < 4.78 is 0. The number of imide groups is 1. The molecule has 1 aliphatic rings. The average Bonchev–Trinajstić information content (AvgIpc) is 3.06. The number of nitrogens with zero attached hydrogens (tertiary/aromatic N) is 1. The molecule has 24 heavy (non-hydrogen) atoms. The first-order chi connectivity index (χ1) is 11.7. The van der Waals surface area contributed by atoms with E-state index in [0.29, 0.717) is 13.1 Å². The van der Waals surface area contributed by atoms with E-state index in [1.165, 1.54) is 4.90 Å². The molecule has 2 N–H and O–H groups in total. The second-order valence-electron chi connectivity index (χ2n) is 5.86. The van der Waals surface area contributed by atoms with Crippen molar-refractivity contribution in [3.8, 4) is 0 Å². The molecule has 1 fully saturated rings. The fourth-order valence-corrected chi connectivity index (χ4v) is 2.91. The zero-order valence-corrected chi connectivity index (χ0v) is 13.6. The van der Waals surface area contributed by atoms with Gasteiger partial charge in [-0.25, -0.2) is 4.79 Å². The van der Waals surface area contributed by atoms with E-state index >= 15 is 0 Å². The summed E-state index contributed by atoms with van der Waals surface area (Å²) in [6, 6.07) is 19.1. The molecule has 1 atom stereocenters. The predicted molar refractivity (Wildman–Crippen MR) is 92.4 cm³/mol. The predicted octanol–water partition coefficient (Wildman–Crippen LogP) is 2.31. The number of amides is 3. The number of rotatable bonds is 5. The highest BCUT2D eigenvalue weighted by atomic mass is 16.2. The summed E-state index contributed by atoms with van der Waals surface area (Å²) in [6.07, 6.45) is 0. The lowest BCUT2D eigenvalue weighted by molar-refractivity contribution is -0.129. The summed E-state index contributed by atoms with van der Waals surface area (Å²) in [7, 11) is 0. The van der Waals surface area contributed by atoms with Gasteiger partial charge >= 0.3 is 6.03 Å². The van der Waals surface area contributed by atoms with Crippen LogP contribution in [0.15, 0.2) is 60.7 Å². The molecule has 0 aliphatic carbocycles. The number of carbonyl (C=O) groups is 2. The van der Waals surface area contributed by atoms with Crippen LogP contribution in [-0.4, -0.2) is 36.0 Å². The molecule has 0 unspecified atom stereocenters. The van der Waals surface area contributed by atoms with Crippen LogP contribution in [0.3, 0.4) is 0 Å². The fraction of sp³-hybridized carbons (Fsp3) is 0.263.